The third-order valence-electron chi connectivity index (χ3n) is 3.82. The molecule has 0 heterocycles. The number of rotatable bonds is 3. The standard InChI is InChI=1S/C14H15BrF3NO2/c15-7-14(4-2-1-3-5-14)19-13(21)8-6-9(16)11(18)12(20)10(8)17/h6,20H,1-5,7H2,(H,19,21). The average molecular weight is 366 g/mol. The van der Waals surface area contributed by atoms with E-state index in [1.54, 1.807) is 0 Å². The van der Waals surface area contributed by atoms with Gasteiger partial charge in [0.2, 0.25) is 5.82 Å². The molecule has 1 aromatic rings. The molecule has 0 bridgehead atoms. The SMILES string of the molecule is O=C(NC1(CBr)CCCCC1)c1cc(F)c(F)c(O)c1F. The maximum absolute atomic E-state index is 13.7. The summed E-state index contributed by atoms with van der Waals surface area (Å²) >= 11 is 3.34. The molecule has 0 aliphatic heterocycles. The minimum atomic E-state index is -1.70. The van der Waals surface area contributed by atoms with Gasteiger partial charge in [0.15, 0.2) is 17.4 Å². The molecule has 0 atom stereocenters. The Labute approximate surface area is 128 Å². The van der Waals surface area contributed by atoms with E-state index >= 15 is 0 Å². The van der Waals surface area contributed by atoms with Crippen LogP contribution in [-0.4, -0.2) is 21.9 Å². The van der Waals surface area contributed by atoms with Crippen LogP contribution in [0, 0.1) is 17.5 Å². The fraction of sp³-hybridized carbons (Fsp3) is 0.500. The molecule has 1 saturated carbocycles. The lowest BCUT2D eigenvalue weighted by atomic mass is 9.83. The predicted octanol–water partition coefficient (Wildman–Crippen LogP) is 3.64. The summed E-state index contributed by atoms with van der Waals surface area (Å²) in [4.78, 5) is 12.1. The van der Waals surface area contributed by atoms with Gasteiger partial charge in [-0.25, -0.2) is 8.78 Å². The second-order valence-corrected chi connectivity index (χ2v) is 5.87. The van der Waals surface area contributed by atoms with Crippen molar-refractivity contribution >= 4 is 21.8 Å². The van der Waals surface area contributed by atoms with Gasteiger partial charge in [-0.2, -0.15) is 4.39 Å². The van der Waals surface area contributed by atoms with Crippen LogP contribution in [0.4, 0.5) is 13.2 Å². The van der Waals surface area contributed by atoms with E-state index in [2.05, 4.69) is 21.2 Å². The Balaban J connectivity index is 2.28. The first-order valence-electron chi connectivity index (χ1n) is 6.65. The molecule has 1 fully saturated rings. The molecule has 0 aromatic heterocycles. The van der Waals surface area contributed by atoms with Crippen molar-refractivity contribution in [1.29, 1.82) is 0 Å². The minimum Gasteiger partial charge on any atom is -0.503 e. The van der Waals surface area contributed by atoms with Crippen molar-refractivity contribution in [3.63, 3.8) is 0 Å². The van der Waals surface area contributed by atoms with Crippen LogP contribution >= 0.6 is 15.9 Å². The highest BCUT2D eigenvalue weighted by molar-refractivity contribution is 9.09. The molecule has 0 spiro atoms. The van der Waals surface area contributed by atoms with E-state index in [1.165, 1.54) is 0 Å². The number of amides is 1. The van der Waals surface area contributed by atoms with Crippen molar-refractivity contribution in [2.75, 3.05) is 5.33 Å². The minimum absolute atomic E-state index is 0.463. The van der Waals surface area contributed by atoms with Gasteiger partial charge in [0.05, 0.1) is 11.1 Å². The maximum Gasteiger partial charge on any atom is 0.254 e. The number of hydrogen-bond acceptors (Lipinski definition) is 2. The van der Waals surface area contributed by atoms with Crippen molar-refractivity contribution in [1.82, 2.24) is 5.32 Å². The molecule has 0 radical (unpaired) electrons. The number of benzene rings is 1. The highest BCUT2D eigenvalue weighted by Crippen LogP contribution is 2.31. The average Bonchev–Trinajstić information content (AvgIpc) is 2.49. The van der Waals surface area contributed by atoms with Gasteiger partial charge < -0.3 is 10.4 Å². The zero-order valence-corrected chi connectivity index (χ0v) is 12.8. The van der Waals surface area contributed by atoms with Gasteiger partial charge in [-0.05, 0) is 18.9 Å². The van der Waals surface area contributed by atoms with E-state index in [4.69, 9.17) is 5.11 Å². The van der Waals surface area contributed by atoms with Gasteiger partial charge in [0, 0.05) is 5.33 Å². The highest BCUT2D eigenvalue weighted by Gasteiger charge is 2.34. The van der Waals surface area contributed by atoms with E-state index in [0.717, 1.165) is 32.1 Å². The molecule has 21 heavy (non-hydrogen) atoms. The monoisotopic (exact) mass is 365 g/mol. The number of phenolic OH excluding ortho intramolecular Hbond substituents is 1. The van der Waals surface area contributed by atoms with Crippen molar-refractivity contribution in [3.8, 4) is 5.75 Å². The Kier molecular flexibility index (Phi) is 4.81. The first-order chi connectivity index (χ1) is 9.90. The summed E-state index contributed by atoms with van der Waals surface area (Å²) in [6.45, 7) is 0. The number of halogens is 4. The third kappa shape index (κ3) is 3.17. The summed E-state index contributed by atoms with van der Waals surface area (Å²) in [5.74, 6) is -6.95. The number of alkyl halides is 1. The molecule has 0 saturated heterocycles. The van der Waals surface area contributed by atoms with Gasteiger partial charge >= 0.3 is 0 Å². The number of phenols is 1. The van der Waals surface area contributed by atoms with Gasteiger partial charge in [0.1, 0.15) is 0 Å². The first-order valence-corrected chi connectivity index (χ1v) is 7.77. The zero-order valence-electron chi connectivity index (χ0n) is 11.2. The quantitative estimate of drug-likeness (QED) is 0.634. The highest BCUT2D eigenvalue weighted by atomic mass is 79.9. The van der Waals surface area contributed by atoms with Crippen LogP contribution in [0.1, 0.15) is 42.5 Å². The summed E-state index contributed by atoms with van der Waals surface area (Å²) in [5.41, 5.74) is -1.22. The van der Waals surface area contributed by atoms with Crippen LogP contribution in [0.5, 0.6) is 5.75 Å². The predicted molar refractivity (Wildman–Crippen MR) is 75.1 cm³/mol. The largest absolute Gasteiger partial charge is 0.503 e. The van der Waals surface area contributed by atoms with Gasteiger partial charge in [-0.3, -0.25) is 4.79 Å². The molecule has 0 unspecified atom stereocenters. The number of hydrogen-bond donors (Lipinski definition) is 2. The molecule has 2 rings (SSSR count). The first kappa shape index (κ1) is 16.1. The summed E-state index contributed by atoms with van der Waals surface area (Å²) in [6.07, 6.45) is 4.36. The van der Waals surface area contributed by atoms with Crippen LogP contribution in [0.2, 0.25) is 0 Å². The van der Waals surface area contributed by atoms with Crippen molar-refractivity contribution in [3.05, 3.63) is 29.1 Å². The molecule has 2 N–H and O–H groups in total. The molecule has 116 valence electrons. The second-order valence-electron chi connectivity index (χ2n) is 5.31. The Hall–Kier alpha value is -1.24. The molecular weight excluding hydrogens is 351 g/mol. The molecular formula is C14H15BrF3NO2. The molecule has 1 aliphatic rings. The van der Waals surface area contributed by atoms with Crippen LogP contribution in [0.15, 0.2) is 6.07 Å². The molecule has 1 amide bonds. The summed E-state index contributed by atoms with van der Waals surface area (Å²) < 4.78 is 40.0. The van der Waals surface area contributed by atoms with E-state index in [9.17, 15) is 18.0 Å². The second kappa shape index (κ2) is 6.25. The van der Waals surface area contributed by atoms with Crippen LogP contribution in [0.3, 0.4) is 0 Å². The Bertz CT molecular complexity index is 560. The molecule has 7 heteroatoms. The number of carbonyl (C=O) groups is 1. The fourth-order valence-electron chi connectivity index (χ4n) is 2.58. The lowest BCUT2D eigenvalue weighted by Crippen LogP contribution is -2.51. The Morgan fingerprint density at radius 1 is 1.24 bits per heavy atom. The van der Waals surface area contributed by atoms with E-state index in [0.29, 0.717) is 11.4 Å². The summed E-state index contributed by atoms with van der Waals surface area (Å²) in [6, 6.07) is 0.463. The zero-order chi connectivity index (χ0) is 15.6. The van der Waals surface area contributed by atoms with Crippen LogP contribution in [0.25, 0.3) is 0 Å². The van der Waals surface area contributed by atoms with E-state index in [1.807, 2.05) is 0 Å². The van der Waals surface area contributed by atoms with Crippen molar-refractivity contribution in [2.45, 2.75) is 37.6 Å². The Morgan fingerprint density at radius 3 is 2.43 bits per heavy atom. The number of aromatic hydroxyl groups is 1. The lowest BCUT2D eigenvalue weighted by Gasteiger charge is -2.36. The molecule has 3 nitrogen and oxygen atoms in total. The molecule has 1 aromatic carbocycles. The Morgan fingerprint density at radius 2 is 1.86 bits per heavy atom. The number of nitrogens with one attached hydrogen (secondary N) is 1. The van der Waals surface area contributed by atoms with E-state index < -0.39 is 40.2 Å². The normalized spacial score (nSPS) is 17.5. The van der Waals surface area contributed by atoms with Crippen LogP contribution < -0.4 is 5.32 Å². The van der Waals surface area contributed by atoms with Crippen molar-refractivity contribution in [2.24, 2.45) is 0 Å². The molecule has 1 aliphatic carbocycles. The van der Waals surface area contributed by atoms with Gasteiger partial charge in [0.25, 0.3) is 5.91 Å². The lowest BCUT2D eigenvalue weighted by molar-refractivity contribution is 0.0880. The maximum atomic E-state index is 13.7. The van der Waals surface area contributed by atoms with Gasteiger partial charge in [-0.1, -0.05) is 35.2 Å². The van der Waals surface area contributed by atoms with Crippen LogP contribution in [-0.2, 0) is 0 Å². The fourth-order valence-corrected chi connectivity index (χ4v) is 3.29. The number of carbonyl (C=O) groups excluding carboxylic acids is 1. The smallest absolute Gasteiger partial charge is 0.254 e. The van der Waals surface area contributed by atoms with Gasteiger partial charge in [-0.15, -0.1) is 0 Å². The third-order valence-corrected chi connectivity index (χ3v) is 4.90. The summed E-state index contributed by atoms with van der Waals surface area (Å²) in [5, 5.41) is 12.3. The van der Waals surface area contributed by atoms with Crippen molar-refractivity contribution < 1.29 is 23.1 Å². The topological polar surface area (TPSA) is 49.3 Å². The van der Waals surface area contributed by atoms with E-state index in [-0.39, 0.29) is 0 Å². The summed E-state index contributed by atoms with van der Waals surface area (Å²) in [7, 11) is 0.